The molecule has 0 bridgehead atoms. The highest BCUT2D eigenvalue weighted by molar-refractivity contribution is 9.10. The number of methoxy groups -OCH3 is 1. The number of carbonyl (C=O) groups is 1. The molecule has 1 aromatic rings. The van der Waals surface area contributed by atoms with Crippen molar-refractivity contribution in [3.8, 4) is 5.75 Å². The molecule has 3 rings (SSSR count). The highest BCUT2D eigenvalue weighted by atomic mass is 79.9. The molecule has 0 N–H and O–H groups in total. The van der Waals surface area contributed by atoms with Crippen molar-refractivity contribution in [2.75, 3.05) is 7.11 Å². The maximum Gasteiger partial charge on any atom is 0.337 e. The summed E-state index contributed by atoms with van der Waals surface area (Å²) < 4.78 is 11.6. The zero-order valence-corrected chi connectivity index (χ0v) is 11.8. The van der Waals surface area contributed by atoms with Gasteiger partial charge in [-0.05, 0) is 65.2 Å². The Morgan fingerprint density at radius 2 is 2.00 bits per heavy atom. The van der Waals surface area contributed by atoms with Crippen molar-refractivity contribution < 1.29 is 14.3 Å². The predicted molar refractivity (Wildman–Crippen MR) is 70.7 cm³/mol. The Hall–Kier alpha value is -1.03. The number of halogens is 1. The van der Waals surface area contributed by atoms with Gasteiger partial charge in [-0.1, -0.05) is 0 Å². The van der Waals surface area contributed by atoms with E-state index in [0.29, 0.717) is 11.7 Å². The van der Waals surface area contributed by atoms with E-state index in [2.05, 4.69) is 15.9 Å². The van der Waals surface area contributed by atoms with Gasteiger partial charge in [0.05, 0.1) is 23.2 Å². The van der Waals surface area contributed by atoms with Crippen molar-refractivity contribution in [1.82, 2.24) is 0 Å². The van der Waals surface area contributed by atoms with E-state index in [0.717, 1.165) is 34.9 Å². The van der Waals surface area contributed by atoms with Gasteiger partial charge in [-0.15, -0.1) is 0 Å². The third-order valence-electron chi connectivity index (χ3n) is 3.85. The minimum Gasteiger partial charge on any atom is -0.489 e. The molecular weight excluding hydrogens is 296 g/mol. The lowest BCUT2D eigenvalue weighted by atomic mass is 10.2. The average molecular weight is 311 g/mol. The molecule has 96 valence electrons. The van der Waals surface area contributed by atoms with E-state index in [4.69, 9.17) is 9.47 Å². The topological polar surface area (TPSA) is 35.5 Å². The van der Waals surface area contributed by atoms with E-state index in [-0.39, 0.29) is 5.97 Å². The highest BCUT2D eigenvalue weighted by Crippen LogP contribution is 2.52. The van der Waals surface area contributed by atoms with Gasteiger partial charge in [0.2, 0.25) is 0 Å². The molecule has 18 heavy (non-hydrogen) atoms. The van der Waals surface area contributed by atoms with Crippen LogP contribution in [0, 0.1) is 11.8 Å². The first-order chi connectivity index (χ1) is 8.67. The van der Waals surface area contributed by atoms with Gasteiger partial charge in [-0.2, -0.15) is 0 Å². The van der Waals surface area contributed by atoms with Crippen LogP contribution in [0.2, 0.25) is 0 Å². The smallest absolute Gasteiger partial charge is 0.337 e. The Bertz CT molecular complexity index is 476. The van der Waals surface area contributed by atoms with Gasteiger partial charge >= 0.3 is 5.97 Å². The zero-order valence-electron chi connectivity index (χ0n) is 10.2. The number of fused-ring (bicyclic) bond motifs is 1. The molecule has 0 aliphatic heterocycles. The van der Waals surface area contributed by atoms with Crippen LogP contribution >= 0.6 is 15.9 Å². The van der Waals surface area contributed by atoms with Crippen LogP contribution in [0.15, 0.2) is 22.7 Å². The van der Waals surface area contributed by atoms with Gasteiger partial charge < -0.3 is 9.47 Å². The summed E-state index contributed by atoms with van der Waals surface area (Å²) in [4.78, 5) is 11.5. The number of esters is 1. The highest BCUT2D eigenvalue weighted by Gasteiger charge is 2.46. The largest absolute Gasteiger partial charge is 0.489 e. The summed E-state index contributed by atoms with van der Waals surface area (Å²) in [5, 5.41) is 0. The summed E-state index contributed by atoms with van der Waals surface area (Å²) in [6.45, 7) is 0. The molecule has 3 nitrogen and oxygen atoms in total. The molecule has 2 aliphatic carbocycles. The van der Waals surface area contributed by atoms with E-state index in [1.807, 2.05) is 6.07 Å². The van der Waals surface area contributed by atoms with Crippen molar-refractivity contribution in [2.24, 2.45) is 11.8 Å². The molecule has 0 radical (unpaired) electrons. The first-order valence-electron chi connectivity index (χ1n) is 6.22. The Morgan fingerprint density at radius 3 is 2.67 bits per heavy atom. The summed E-state index contributed by atoms with van der Waals surface area (Å²) in [7, 11) is 1.38. The van der Waals surface area contributed by atoms with Crippen molar-refractivity contribution in [1.29, 1.82) is 0 Å². The van der Waals surface area contributed by atoms with E-state index < -0.39 is 0 Å². The number of hydrogen-bond acceptors (Lipinski definition) is 3. The van der Waals surface area contributed by atoms with Crippen LogP contribution in [0.4, 0.5) is 0 Å². The second-order valence-electron chi connectivity index (χ2n) is 5.10. The molecule has 2 saturated carbocycles. The number of hydrogen-bond donors (Lipinski definition) is 0. The second-order valence-corrected chi connectivity index (χ2v) is 5.96. The fourth-order valence-electron chi connectivity index (χ4n) is 2.77. The van der Waals surface area contributed by atoms with E-state index in [1.54, 1.807) is 12.1 Å². The quantitative estimate of drug-likeness (QED) is 0.803. The second kappa shape index (κ2) is 4.57. The molecule has 0 saturated heterocycles. The van der Waals surface area contributed by atoms with Crippen LogP contribution in [0.1, 0.15) is 29.6 Å². The van der Waals surface area contributed by atoms with E-state index >= 15 is 0 Å². The molecule has 0 heterocycles. The van der Waals surface area contributed by atoms with Gasteiger partial charge in [0.15, 0.2) is 0 Å². The average Bonchev–Trinajstić information content (AvgIpc) is 2.99. The van der Waals surface area contributed by atoms with Gasteiger partial charge in [0.25, 0.3) is 0 Å². The molecule has 2 fully saturated rings. The lowest BCUT2D eigenvalue weighted by Crippen LogP contribution is -2.14. The van der Waals surface area contributed by atoms with E-state index in [1.165, 1.54) is 13.5 Å². The molecule has 1 aromatic carbocycles. The first kappa shape index (κ1) is 12.0. The summed E-state index contributed by atoms with van der Waals surface area (Å²) >= 11 is 3.46. The number of ether oxygens (including phenoxy) is 2. The maximum atomic E-state index is 11.5. The summed E-state index contributed by atoms with van der Waals surface area (Å²) in [5.41, 5.74) is 0.527. The first-order valence-corrected chi connectivity index (χ1v) is 7.01. The minimum absolute atomic E-state index is 0.304. The molecular formula is C14H15BrO3. The Balaban J connectivity index is 1.75. The summed E-state index contributed by atoms with van der Waals surface area (Å²) in [6.07, 6.45) is 3.99. The Morgan fingerprint density at radius 1 is 1.28 bits per heavy atom. The van der Waals surface area contributed by atoms with Crippen LogP contribution < -0.4 is 4.74 Å². The lowest BCUT2D eigenvalue weighted by Gasteiger charge is -2.16. The fourth-order valence-corrected chi connectivity index (χ4v) is 3.11. The van der Waals surface area contributed by atoms with Crippen LogP contribution in [0.5, 0.6) is 5.75 Å². The molecule has 2 unspecified atom stereocenters. The van der Waals surface area contributed by atoms with Gasteiger partial charge in [0, 0.05) is 0 Å². The summed E-state index contributed by atoms with van der Waals surface area (Å²) in [5.74, 6) is 2.18. The number of rotatable bonds is 3. The van der Waals surface area contributed by atoms with Gasteiger partial charge in [-0.25, -0.2) is 4.79 Å². The molecule has 0 spiro atoms. The van der Waals surface area contributed by atoms with Crippen molar-refractivity contribution in [3.05, 3.63) is 28.2 Å². The fraction of sp³-hybridized carbons (Fsp3) is 0.500. The van der Waals surface area contributed by atoms with E-state index in [9.17, 15) is 4.79 Å². The van der Waals surface area contributed by atoms with Crippen molar-refractivity contribution in [2.45, 2.75) is 25.4 Å². The van der Waals surface area contributed by atoms with Gasteiger partial charge in [-0.3, -0.25) is 0 Å². The zero-order chi connectivity index (χ0) is 12.7. The third-order valence-corrected chi connectivity index (χ3v) is 4.50. The number of carbonyl (C=O) groups excluding carboxylic acids is 1. The van der Waals surface area contributed by atoms with Gasteiger partial charge in [0.1, 0.15) is 5.75 Å². The van der Waals surface area contributed by atoms with Crippen LogP contribution in [0.3, 0.4) is 0 Å². The van der Waals surface area contributed by atoms with Crippen LogP contribution in [-0.4, -0.2) is 19.2 Å². The third kappa shape index (κ3) is 2.26. The summed E-state index contributed by atoms with van der Waals surface area (Å²) in [6, 6.07) is 5.31. The molecule has 2 atom stereocenters. The standard InChI is InChI=1S/C14H15BrO3/c1-17-14(16)8-2-3-12(15)13(7-8)18-11-5-9-4-10(9)6-11/h2-3,7,9-11H,4-6H2,1H3. The predicted octanol–water partition coefficient (Wildman–Crippen LogP) is 3.41. The monoisotopic (exact) mass is 310 g/mol. The van der Waals surface area contributed by atoms with Crippen molar-refractivity contribution in [3.63, 3.8) is 0 Å². The van der Waals surface area contributed by atoms with Crippen LogP contribution in [0.25, 0.3) is 0 Å². The Kier molecular flexibility index (Phi) is 3.06. The SMILES string of the molecule is COC(=O)c1ccc(Br)c(OC2CC3CC3C2)c1. The molecule has 2 aliphatic rings. The molecule has 0 amide bonds. The van der Waals surface area contributed by atoms with Crippen LogP contribution in [-0.2, 0) is 4.74 Å². The molecule has 0 aromatic heterocycles. The number of benzene rings is 1. The Labute approximate surface area is 115 Å². The lowest BCUT2D eigenvalue weighted by molar-refractivity contribution is 0.0599. The molecule has 4 heteroatoms. The van der Waals surface area contributed by atoms with Crippen molar-refractivity contribution >= 4 is 21.9 Å². The normalized spacial score (nSPS) is 28.7. The maximum absolute atomic E-state index is 11.5. The minimum atomic E-state index is -0.332.